The molecule has 0 atom stereocenters. The number of pyridine rings is 1. The summed E-state index contributed by atoms with van der Waals surface area (Å²) in [6.45, 7) is 0. The van der Waals surface area contributed by atoms with Crippen LogP contribution in [0.3, 0.4) is 0 Å². The molecule has 0 bridgehead atoms. The molecule has 16 heavy (non-hydrogen) atoms. The second kappa shape index (κ2) is 4.39. The van der Waals surface area contributed by atoms with Crippen molar-refractivity contribution in [1.29, 1.82) is 0 Å². The van der Waals surface area contributed by atoms with Crippen LogP contribution in [0.4, 0.5) is 5.82 Å². The molecule has 5 nitrogen and oxygen atoms in total. The first kappa shape index (κ1) is 10.1. The van der Waals surface area contributed by atoms with E-state index in [1.54, 1.807) is 36.5 Å². The zero-order valence-electron chi connectivity index (χ0n) is 8.31. The lowest BCUT2D eigenvalue weighted by Gasteiger charge is -2.01. The topological polar surface area (TPSA) is 74.8 Å². The standard InChI is InChI=1S/C11H9N3O2/c15-7-8-4-5-9(13-8)11(16)14-10-3-1-2-6-12-10/h1-7,13H,(H,12,14,16). The van der Waals surface area contributed by atoms with Crippen LogP contribution in [-0.4, -0.2) is 22.2 Å². The Morgan fingerprint density at radius 1 is 1.31 bits per heavy atom. The number of anilines is 1. The van der Waals surface area contributed by atoms with E-state index < -0.39 is 0 Å². The number of aromatic nitrogens is 2. The molecule has 1 amide bonds. The predicted molar refractivity (Wildman–Crippen MR) is 58.4 cm³/mol. The van der Waals surface area contributed by atoms with Gasteiger partial charge in [0.1, 0.15) is 11.5 Å². The highest BCUT2D eigenvalue weighted by atomic mass is 16.2. The summed E-state index contributed by atoms with van der Waals surface area (Å²) in [6.07, 6.45) is 2.23. The maximum Gasteiger partial charge on any atom is 0.273 e. The molecule has 0 aromatic carbocycles. The maximum atomic E-state index is 11.6. The minimum absolute atomic E-state index is 0.327. The zero-order valence-corrected chi connectivity index (χ0v) is 8.31. The number of H-pyrrole nitrogens is 1. The van der Waals surface area contributed by atoms with Crippen LogP contribution in [-0.2, 0) is 0 Å². The van der Waals surface area contributed by atoms with E-state index in [4.69, 9.17) is 0 Å². The van der Waals surface area contributed by atoms with Crippen LogP contribution < -0.4 is 5.32 Å². The van der Waals surface area contributed by atoms with Gasteiger partial charge in [0.25, 0.3) is 5.91 Å². The van der Waals surface area contributed by atoms with Crippen molar-refractivity contribution in [3.8, 4) is 0 Å². The van der Waals surface area contributed by atoms with Crippen LogP contribution in [0.15, 0.2) is 36.5 Å². The Morgan fingerprint density at radius 3 is 2.81 bits per heavy atom. The number of carbonyl (C=O) groups excluding carboxylic acids is 2. The van der Waals surface area contributed by atoms with Crippen LogP contribution in [0.1, 0.15) is 21.0 Å². The summed E-state index contributed by atoms with van der Waals surface area (Å²) in [5, 5.41) is 2.60. The number of aromatic amines is 1. The van der Waals surface area contributed by atoms with Crippen molar-refractivity contribution in [2.75, 3.05) is 5.32 Å². The molecule has 0 saturated heterocycles. The summed E-state index contributed by atoms with van der Waals surface area (Å²) < 4.78 is 0. The molecule has 2 N–H and O–H groups in total. The van der Waals surface area contributed by atoms with Crippen molar-refractivity contribution in [2.45, 2.75) is 0 Å². The van der Waals surface area contributed by atoms with Crippen molar-refractivity contribution >= 4 is 18.0 Å². The first-order valence-corrected chi connectivity index (χ1v) is 4.66. The third kappa shape index (κ3) is 2.14. The van der Waals surface area contributed by atoms with E-state index >= 15 is 0 Å². The van der Waals surface area contributed by atoms with Crippen molar-refractivity contribution in [1.82, 2.24) is 9.97 Å². The van der Waals surface area contributed by atoms with Gasteiger partial charge in [-0.25, -0.2) is 4.98 Å². The van der Waals surface area contributed by atoms with Gasteiger partial charge in [-0.3, -0.25) is 9.59 Å². The smallest absolute Gasteiger partial charge is 0.273 e. The highest BCUT2D eigenvalue weighted by molar-refractivity contribution is 6.02. The van der Waals surface area contributed by atoms with Gasteiger partial charge in [0.15, 0.2) is 6.29 Å². The number of amides is 1. The molecule has 0 spiro atoms. The van der Waals surface area contributed by atoms with Gasteiger partial charge < -0.3 is 10.3 Å². The highest BCUT2D eigenvalue weighted by Crippen LogP contribution is 2.05. The first-order chi connectivity index (χ1) is 7.79. The summed E-state index contributed by atoms with van der Waals surface area (Å²) in [6, 6.07) is 8.30. The quantitative estimate of drug-likeness (QED) is 0.761. The minimum Gasteiger partial charge on any atom is -0.348 e. The molecule has 5 heteroatoms. The molecular formula is C11H9N3O2. The lowest BCUT2D eigenvalue weighted by atomic mass is 10.4. The third-order valence-electron chi connectivity index (χ3n) is 1.99. The minimum atomic E-state index is -0.327. The molecule has 0 aliphatic heterocycles. The third-order valence-corrected chi connectivity index (χ3v) is 1.99. The SMILES string of the molecule is O=Cc1ccc(C(=O)Nc2ccccn2)[nH]1. The van der Waals surface area contributed by atoms with E-state index in [1.165, 1.54) is 0 Å². The van der Waals surface area contributed by atoms with E-state index in [-0.39, 0.29) is 5.91 Å². The summed E-state index contributed by atoms with van der Waals surface area (Å²) in [7, 11) is 0. The summed E-state index contributed by atoms with van der Waals surface area (Å²) in [5.74, 6) is 0.140. The second-order valence-corrected chi connectivity index (χ2v) is 3.11. The molecule has 2 aromatic rings. The summed E-state index contributed by atoms with van der Waals surface area (Å²) in [4.78, 5) is 28.7. The summed E-state index contributed by atoms with van der Waals surface area (Å²) >= 11 is 0. The van der Waals surface area contributed by atoms with Crippen LogP contribution >= 0.6 is 0 Å². The molecule has 0 saturated carbocycles. The number of rotatable bonds is 3. The fourth-order valence-corrected chi connectivity index (χ4v) is 1.23. The fourth-order valence-electron chi connectivity index (χ4n) is 1.23. The van der Waals surface area contributed by atoms with E-state index in [0.717, 1.165) is 0 Å². The number of hydrogen-bond acceptors (Lipinski definition) is 3. The van der Waals surface area contributed by atoms with Gasteiger partial charge in [-0.15, -0.1) is 0 Å². The molecule has 2 heterocycles. The average molecular weight is 215 g/mol. The highest BCUT2D eigenvalue weighted by Gasteiger charge is 2.08. The lowest BCUT2D eigenvalue weighted by molar-refractivity contribution is 0.102. The van der Waals surface area contributed by atoms with Gasteiger partial charge in [0.05, 0.1) is 5.69 Å². The van der Waals surface area contributed by atoms with Crippen molar-refractivity contribution in [2.24, 2.45) is 0 Å². The van der Waals surface area contributed by atoms with E-state index in [0.29, 0.717) is 23.5 Å². The molecule has 2 aromatic heterocycles. The van der Waals surface area contributed by atoms with Gasteiger partial charge in [0.2, 0.25) is 0 Å². The Balaban J connectivity index is 2.11. The van der Waals surface area contributed by atoms with Crippen LogP contribution in [0.2, 0.25) is 0 Å². The number of hydrogen-bond donors (Lipinski definition) is 2. The predicted octanol–water partition coefficient (Wildman–Crippen LogP) is 1.47. The molecule has 80 valence electrons. The van der Waals surface area contributed by atoms with E-state index in [2.05, 4.69) is 15.3 Å². The zero-order chi connectivity index (χ0) is 11.4. The lowest BCUT2D eigenvalue weighted by Crippen LogP contribution is -2.13. The van der Waals surface area contributed by atoms with Crippen molar-refractivity contribution in [3.05, 3.63) is 47.9 Å². The monoisotopic (exact) mass is 215 g/mol. The Morgan fingerprint density at radius 2 is 2.19 bits per heavy atom. The van der Waals surface area contributed by atoms with Gasteiger partial charge in [-0.05, 0) is 24.3 Å². The average Bonchev–Trinajstić information content (AvgIpc) is 2.79. The van der Waals surface area contributed by atoms with Crippen LogP contribution in [0.25, 0.3) is 0 Å². The molecular weight excluding hydrogens is 206 g/mol. The number of aldehydes is 1. The largest absolute Gasteiger partial charge is 0.348 e. The molecule has 0 aliphatic rings. The molecule has 0 aliphatic carbocycles. The molecule has 2 rings (SSSR count). The Labute approximate surface area is 91.5 Å². The molecule has 0 fully saturated rings. The van der Waals surface area contributed by atoms with Gasteiger partial charge >= 0.3 is 0 Å². The number of nitrogens with zero attached hydrogens (tertiary/aromatic N) is 1. The van der Waals surface area contributed by atoms with Crippen molar-refractivity contribution in [3.63, 3.8) is 0 Å². The number of carbonyl (C=O) groups is 2. The molecule has 0 unspecified atom stereocenters. The summed E-state index contributed by atoms with van der Waals surface area (Å²) in [5.41, 5.74) is 0.693. The normalized spacial score (nSPS) is 9.75. The number of nitrogens with one attached hydrogen (secondary N) is 2. The van der Waals surface area contributed by atoms with Crippen LogP contribution in [0, 0.1) is 0 Å². The Bertz CT molecular complexity index is 505. The van der Waals surface area contributed by atoms with E-state index in [9.17, 15) is 9.59 Å². The second-order valence-electron chi connectivity index (χ2n) is 3.11. The van der Waals surface area contributed by atoms with Crippen molar-refractivity contribution < 1.29 is 9.59 Å². The van der Waals surface area contributed by atoms with Crippen LogP contribution in [0.5, 0.6) is 0 Å². The Hall–Kier alpha value is -2.43. The fraction of sp³-hybridized carbons (Fsp3) is 0. The van der Waals surface area contributed by atoms with Gasteiger partial charge in [-0.1, -0.05) is 6.07 Å². The molecule has 0 radical (unpaired) electrons. The van der Waals surface area contributed by atoms with Gasteiger partial charge in [0, 0.05) is 6.20 Å². The maximum absolute atomic E-state index is 11.6. The Kier molecular flexibility index (Phi) is 2.77. The first-order valence-electron chi connectivity index (χ1n) is 4.66. The van der Waals surface area contributed by atoms with E-state index in [1.807, 2.05) is 0 Å². The van der Waals surface area contributed by atoms with Gasteiger partial charge in [-0.2, -0.15) is 0 Å².